The quantitative estimate of drug-likeness (QED) is 0.404. The molecule has 0 spiro atoms. The van der Waals surface area contributed by atoms with Gasteiger partial charge in [0.15, 0.2) is 0 Å². The third-order valence-electron chi connectivity index (χ3n) is 2.98. The van der Waals surface area contributed by atoms with Crippen LogP contribution in [-0.4, -0.2) is 33.7 Å². The van der Waals surface area contributed by atoms with Gasteiger partial charge < -0.3 is 16.2 Å². The Morgan fingerprint density at radius 3 is 2.50 bits per heavy atom. The van der Waals surface area contributed by atoms with Crippen molar-refractivity contribution in [2.45, 2.75) is 30.6 Å². The first-order chi connectivity index (χ1) is 9.51. The molecule has 0 bridgehead atoms. The highest BCUT2D eigenvalue weighted by Gasteiger charge is 2.14. The Hall–Kier alpha value is -1.31. The zero-order valence-electron chi connectivity index (χ0n) is 11.7. The fourth-order valence-electron chi connectivity index (χ4n) is 1.84. The van der Waals surface area contributed by atoms with E-state index in [9.17, 15) is 8.42 Å². The van der Waals surface area contributed by atoms with E-state index in [2.05, 4.69) is 10.0 Å². The Kier molecular flexibility index (Phi) is 6.77. The molecule has 7 heteroatoms. The van der Waals surface area contributed by atoms with Gasteiger partial charge in [0, 0.05) is 18.8 Å². The number of hydrogen-bond donors (Lipinski definition) is 4. The van der Waals surface area contributed by atoms with E-state index in [1.807, 2.05) is 0 Å². The SMILES string of the molecule is CNS(=O)(=O)c1ccc(NCCCCCCO)cc1N. The molecule has 0 amide bonds. The molecule has 1 rings (SSSR count). The van der Waals surface area contributed by atoms with E-state index in [4.69, 9.17) is 10.8 Å². The van der Waals surface area contributed by atoms with Gasteiger partial charge in [-0.1, -0.05) is 12.8 Å². The zero-order valence-corrected chi connectivity index (χ0v) is 12.5. The Balaban J connectivity index is 2.52. The fraction of sp³-hybridized carbons (Fsp3) is 0.538. The van der Waals surface area contributed by atoms with Gasteiger partial charge in [-0.2, -0.15) is 0 Å². The van der Waals surface area contributed by atoms with Crippen molar-refractivity contribution >= 4 is 21.4 Å². The van der Waals surface area contributed by atoms with Crippen molar-refractivity contribution in [3.05, 3.63) is 18.2 Å². The summed E-state index contributed by atoms with van der Waals surface area (Å²) in [6.45, 7) is 1.04. The Labute approximate surface area is 120 Å². The Morgan fingerprint density at radius 2 is 1.90 bits per heavy atom. The highest BCUT2D eigenvalue weighted by molar-refractivity contribution is 7.89. The largest absolute Gasteiger partial charge is 0.398 e. The molecule has 0 fully saturated rings. The van der Waals surface area contributed by atoms with E-state index in [-0.39, 0.29) is 17.2 Å². The van der Waals surface area contributed by atoms with Crippen LogP contribution in [0.3, 0.4) is 0 Å². The topological polar surface area (TPSA) is 104 Å². The molecule has 0 radical (unpaired) electrons. The molecular formula is C13H23N3O3S. The molecule has 0 saturated heterocycles. The summed E-state index contributed by atoms with van der Waals surface area (Å²) < 4.78 is 25.6. The summed E-state index contributed by atoms with van der Waals surface area (Å²) >= 11 is 0. The summed E-state index contributed by atoms with van der Waals surface area (Å²) in [4.78, 5) is 0.0912. The number of rotatable bonds is 9. The van der Waals surface area contributed by atoms with Gasteiger partial charge in [0.05, 0.1) is 5.69 Å². The van der Waals surface area contributed by atoms with Gasteiger partial charge in [0.25, 0.3) is 0 Å². The summed E-state index contributed by atoms with van der Waals surface area (Å²) in [5.41, 5.74) is 6.80. The van der Waals surface area contributed by atoms with E-state index in [1.54, 1.807) is 12.1 Å². The molecule has 0 aliphatic heterocycles. The van der Waals surface area contributed by atoms with Crippen LogP contribution in [-0.2, 0) is 10.0 Å². The van der Waals surface area contributed by atoms with Crippen LogP contribution in [0.1, 0.15) is 25.7 Å². The minimum Gasteiger partial charge on any atom is -0.398 e. The average molecular weight is 301 g/mol. The number of nitrogens with two attached hydrogens (primary N) is 1. The van der Waals surface area contributed by atoms with Crippen LogP contribution in [0, 0.1) is 0 Å². The number of nitrogens with one attached hydrogen (secondary N) is 2. The van der Waals surface area contributed by atoms with Crippen LogP contribution in [0.15, 0.2) is 23.1 Å². The van der Waals surface area contributed by atoms with Crippen molar-refractivity contribution < 1.29 is 13.5 Å². The maximum atomic E-state index is 11.7. The van der Waals surface area contributed by atoms with Gasteiger partial charge in [-0.15, -0.1) is 0 Å². The molecule has 0 saturated carbocycles. The summed E-state index contributed by atoms with van der Waals surface area (Å²) in [5, 5.41) is 11.9. The molecule has 114 valence electrons. The molecule has 0 aromatic heterocycles. The van der Waals surface area contributed by atoms with Gasteiger partial charge in [-0.25, -0.2) is 13.1 Å². The van der Waals surface area contributed by atoms with E-state index in [1.165, 1.54) is 13.1 Å². The van der Waals surface area contributed by atoms with Crippen molar-refractivity contribution in [2.24, 2.45) is 0 Å². The number of unbranched alkanes of at least 4 members (excludes halogenated alkanes) is 3. The van der Waals surface area contributed by atoms with Crippen molar-refractivity contribution in [3.63, 3.8) is 0 Å². The van der Waals surface area contributed by atoms with E-state index in [0.29, 0.717) is 0 Å². The minimum atomic E-state index is -3.51. The van der Waals surface area contributed by atoms with Gasteiger partial charge >= 0.3 is 0 Å². The van der Waals surface area contributed by atoms with Crippen LogP contribution >= 0.6 is 0 Å². The summed E-state index contributed by atoms with van der Waals surface area (Å²) in [7, 11) is -2.15. The molecule has 20 heavy (non-hydrogen) atoms. The van der Waals surface area contributed by atoms with Crippen molar-refractivity contribution in [3.8, 4) is 0 Å². The molecular weight excluding hydrogens is 278 g/mol. The van der Waals surface area contributed by atoms with Crippen LogP contribution in [0.2, 0.25) is 0 Å². The molecule has 6 nitrogen and oxygen atoms in total. The van der Waals surface area contributed by atoms with Crippen LogP contribution in [0.5, 0.6) is 0 Å². The van der Waals surface area contributed by atoms with Crippen LogP contribution in [0.25, 0.3) is 0 Å². The van der Waals surface area contributed by atoms with Crippen molar-refractivity contribution in [1.82, 2.24) is 4.72 Å². The highest BCUT2D eigenvalue weighted by Crippen LogP contribution is 2.22. The predicted molar refractivity (Wildman–Crippen MR) is 81.1 cm³/mol. The van der Waals surface area contributed by atoms with Crippen molar-refractivity contribution in [1.29, 1.82) is 0 Å². The second kappa shape index (κ2) is 8.08. The number of sulfonamides is 1. The smallest absolute Gasteiger partial charge is 0.242 e. The van der Waals surface area contributed by atoms with Gasteiger partial charge in [0.2, 0.25) is 10.0 Å². The molecule has 0 aliphatic carbocycles. The number of anilines is 2. The van der Waals surface area contributed by atoms with Crippen LogP contribution < -0.4 is 15.8 Å². The zero-order chi connectivity index (χ0) is 15.0. The number of nitrogen functional groups attached to an aromatic ring is 1. The predicted octanol–water partition coefficient (Wildman–Crippen LogP) is 1.14. The number of benzene rings is 1. The van der Waals surface area contributed by atoms with E-state index >= 15 is 0 Å². The van der Waals surface area contributed by atoms with Crippen LogP contribution in [0.4, 0.5) is 11.4 Å². The summed E-state index contributed by atoms with van der Waals surface area (Å²) in [5.74, 6) is 0. The fourth-order valence-corrected chi connectivity index (χ4v) is 2.67. The number of hydrogen-bond acceptors (Lipinski definition) is 5. The first kappa shape index (κ1) is 16.7. The molecule has 5 N–H and O–H groups in total. The number of aliphatic hydroxyl groups excluding tert-OH is 1. The Morgan fingerprint density at radius 1 is 1.20 bits per heavy atom. The molecule has 0 aliphatic rings. The average Bonchev–Trinajstić information content (AvgIpc) is 2.42. The minimum absolute atomic E-state index is 0.0912. The summed E-state index contributed by atoms with van der Waals surface area (Å²) in [6, 6.07) is 4.82. The lowest BCUT2D eigenvalue weighted by molar-refractivity contribution is 0.283. The third kappa shape index (κ3) is 4.99. The maximum absolute atomic E-state index is 11.7. The first-order valence-corrected chi connectivity index (χ1v) is 8.17. The maximum Gasteiger partial charge on any atom is 0.242 e. The lowest BCUT2D eigenvalue weighted by Crippen LogP contribution is -2.20. The second-order valence-electron chi connectivity index (χ2n) is 4.52. The van der Waals surface area contributed by atoms with Gasteiger partial charge in [-0.3, -0.25) is 0 Å². The van der Waals surface area contributed by atoms with E-state index in [0.717, 1.165) is 37.9 Å². The molecule has 0 atom stereocenters. The second-order valence-corrected chi connectivity index (χ2v) is 6.38. The van der Waals surface area contributed by atoms with E-state index < -0.39 is 10.0 Å². The first-order valence-electron chi connectivity index (χ1n) is 6.69. The molecule has 1 aromatic rings. The lowest BCUT2D eigenvalue weighted by Gasteiger charge is -2.10. The third-order valence-corrected chi connectivity index (χ3v) is 4.47. The normalized spacial score (nSPS) is 11.5. The highest BCUT2D eigenvalue weighted by atomic mass is 32.2. The van der Waals surface area contributed by atoms with Gasteiger partial charge in [0.1, 0.15) is 4.90 Å². The van der Waals surface area contributed by atoms with Gasteiger partial charge in [-0.05, 0) is 38.1 Å². The Bertz CT molecular complexity index is 518. The number of aliphatic hydroxyl groups is 1. The molecule has 0 unspecified atom stereocenters. The van der Waals surface area contributed by atoms with Crippen molar-refractivity contribution in [2.75, 3.05) is 31.2 Å². The lowest BCUT2D eigenvalue weighted by atomic mass is 10.2. The molecule has 0 heterocycles. The summed E-state index contributed by atoms with van der Waals surface area (Å²) in [6.07, 6.45) is 3.90. The molecule has 1 aromatic carbocycles. The monoisotopic (exact) mass is 301 g/mol. The standard InChI is InChI=1S/C13H23N3O3S/c1-15-20(18,19)13-7-6-11(10-12(13)14)16-8-4-2-3-5-9-17/h6-7,10,15-17H,2-5,8-9,14H2,1H3.